The molecular formula is C39H47N3O10S. The van der Waals surface area contributed by atoms with Crippen LogP contribution in [-0.2, 0) is 37.3 Å². The number of nitrogens with one attached hydrogen (secondary N) is 1. The van der Waals surface area contributed by atoms with Gasteiger partial charge in [-0.2, -0.15) is 9.57 Å². The maximum Gasteiger partial charge on any atom is 0.407 e. The van der Waals surface area contributed by atoms with Crippen LogP contribution in [0.4, 0.5) is 4.79 Å². The first-order chi connectivity index (χ1) is 25.5. The van der Waals surface area contributed by atoms with Crippen LogP contribution in [0.5, 0.6) is 17.2 Å². The van der Waals surface area contributed by atoms with Crippen LogP contribution in [0, 0.1) is 22.7 Å². The Morgan fingerprint density at radius 1 is 1.06 bits per heavy atom. The summed E-state index contributed by atoms with van der Waals surface area (Å²) in [6.07, 6.45) is -0.682. The summed E-state index contributed by atoms with van der Waals surface area (Å²) in [4.78, 5) is 13.4. The molecule has 3 heterocycles. The lowest BCUT2D eigenvalue weighted by Gasteiger charge is -2.35. The number of carbonyl (C=O) groups is 1. The number of alkyl carbamates (subject to hydrolysis) is 1. The molecule has 14 heteroatoms. The van der Waals surface area contributed by atoms with E-state index in [0.29, 0.717) is 56.1 Å². The van der Waals surface area contributed by atoms with Crippen molar-refractivity contribution in [1.29, 1.82) is 5.26 Å². The number of amides is 1. The number of nitriles is 1. The Morgan fingerprint density at radius 2 is 1.83 bits per heavy atom. The number of hydrogen-bond acceptors (Lipinski definition) is 11. The molecule has 0 radical (unpaired) electrons. The Balaban J connectivity index is 1.22. The third-order valence-electron chi connectivity index (χ3n) is 9.76. The lowest BCUT2D eigenvalue weighted by Crippen LogP contribution is -2.52. The Bertz CT molecular complexity index is 1830. The molecule has 0 spiro atoms. The topological polar surface area (TPSA) is 166 Å². The fourth-order valence-electron chi connectivity index (χ4n) is 6.84. The smallest absolute Gasteiger partial charge is 0.407 e. The number of ether oxygens (including phenoxy) is 6. The number of benzene rings is 3. The average molecular weight is 750 g/mol. The van der Waals surface area contributed by atoms with Gasteiger partial charge in [-0.3, -0.25) is 0 Å². The second-order valence-corrected chi connectivity index (χ2v) is 16.3. The van der Waals surface area contributed by atoms with Gasteiger partial charge in [-0.05, 0) is 66.5 Å². The number of rotatable bonds is 17. The number of nitrogens with zero attached hydrogens (tertiary/aromatic N) is 2. The Hall–Kier alpha value is -4.39. The second kappa shape index (κ2) is 17.2. The summed E-state index contributed by atoms with van der Waals surface area (Å²) in [7, 11) is -4.20. The van der Waals surface area contributed by atoms with Crippen LogP contribution in [0.3, 0.4) is 0 Å². The lowest BCUT2D eigenvalue weighted by atomic mass is 9.87. The predicted octanol–water partition coefficient (Wildman–Crippen LogP) is 5.16. The molecule has 2 saturated heterocycles. The third kappa shape index (κ3) is 9.98. The fourth-order valence-corrected chi connectivity index (χ4v) is 8.51. The minimum Gasteiger partial charge on any atom is -0.489 e. The SMILES string of the molecule is CC(C)(CCCC#N)CN(C[C@@H](O)[C@H](Cc1ccc(OCc2ccccc2)cc1)NC(=O)OC1COC2OCCC12)S(=O)(=O)c1ccc2c(c1)OCO2. The number of unbranched alkanes of at least 4 members (excludes halogenated alkanes) is 1. The van der Waals surface area contributed by atoms with Crippen molar-refractivity contribution in [3.8, 4) is 23.3 Å². The summed E-state index contributed by atoms with van der Waals surface area (Å²) in [5.41, 5.74) is 1.25. The summed E-state index contributed by atoms with van der Waals surface area (Å²) in [5, 5.41) is 23.9. The Labute approximate surface area is 310 Å². The van der Waals surface area contributed by atoms with Crippen molar-refractivity contribution in [3.05, 3.63) is 83.9 Å². The number of fused-ring (bicyclic) bond motifs is 2. The second-order valence-electron chi connectivity index (χ2n) is 14.4. The number of sulfonamides is 1. The molecule has 53 heavy (non-hydrogen) atoms. The Morgan fingerprint density at radius 3 is 2.60 bits per heavy atom. The van der Waals surface area contributed by atoms with Gasteiger partial charge in [0.1, 0.15) is 18.5 Å². The van der Waals surface area contributed by atoms with Crippen LogP contribution >= 0.6 is 0 Å². The third-order valence-corrected chi connectivity index (χ3v) is 11.6. The highest BCUT2D eigenvalue weighted by molar-refractivity contribution is 7.89. The van der Waals surface area contributed by atoms with Gasteiger partial charge in [-0.1, -0.05) is 56.3 Å². The van der Waals surface area contributed by atoms with Crippen LogP contribution < -0.4 is 19.5 Å². The molecule has 2 fully saturated rings. The lowest BCUT2D eigenvalue weighted by molar-refractivity contribution is -0.0907. The fraction of sp³-hybridized carbons (Fsp3) is 0.487. The maximum atomic E-state index is 14.3. The van der Waals surface area contributed by atoms with Crippen molar-refractivity contribution >= 4 is 16.1 Å². The molecule has 2 N–H and O–H groups in total. The summed E-state index contributed by atoms with van der Waals surface area (Å²) in [6.45, 7) is 4.65. The van der Waals surface area contributed by atoms with Crippen LogP contribution in [0.15, 0.2) is 77.7 Å². The quantitative estimate of drug-likeness (QED) is 0.175. The normalized spacial score (nSPS) is 20.4. The van der Waals surface area contributed by atoms with E-state index in [9.17, 15) is 18.3 Å². The van der Waals surface area contributed by atoms with E-state index >= 15 is 0 Å². The van der Waals surface area contributed by atoms with Crippen LogP contribution in [0.1, 0.15) is 50.7 Å². The molecule has 0 aliphatic carbocycles. The average Bonchev–Trinajstić information content (AvgIpc) is 3.90. The van der Waals surface area contributed by atoms with Gasteiger partial charge in [0, 0.05) is 25.6 Å². The van der Waals surface area contributed by atoms with E-state index in [1.807, 2.05) is 68.4 Å². The van der Waals surface area contributed by atoms with Crippen LogP contribution in [-0.4, -0.2) is 81.6 Å². The number of carbonyl (C=O) groups excluding carboxylic acids is 1. The first kappa shape index (κ1) is 38.3. The molecule has 6 rings (SSSR count). The van der Waals surface area contributed by atoms with Crippen molar-refractivity contribution in [2.45, 2.75) is 82.0 Å². The molecule has 1 amide bonds. The van der Waals surface area contributed by atoms with Crippen molar-refractivity contribution in [1.82, 2.24) is 9.62 Å². The van der Waals surface area contributed by atoms with Crippen molar-refractivity contribution < 1.29 is 46.7 Å². The zero-order valence-corrected chi connectivity index (χ0v) is 30.8. The van der Waals surface area contributed by atoms with Gasteiger partial charge in [0.15, 0.2) is 17.8 Å². The number of hydrogen-bond donors (Lipinski definition) is 2. The molecular weight excluding hydrogens is 703 g/mol. The van der Waals surface area contributed by atoms with Gasteiger partial charge in [0.2, 0.25) is 16.8 Å². The van der Waals surface area contributed by atoms with Gasteiger partial charge in [0.25, 0.3) is 0 Å². The van der Waals surface area contributed by atoms with E-state index in [2.05, 4.69) is 11.4 Å². The van der Waals surface area contributed by atoms with Crippen molar-refractivity contribution in [2.75, 3.05) is 33.1 Å². The van der Waals surface area contributed by atoms with E-state index in [0.717, 1.165) is 11.1 Å². The van der Waals surface area contributed by atoms with Crippen molar-refractivity contribution in [2.24, 2.45) is 11.3 Å². The first-order valence-electron chi connectivity index (χ1n) is 17.9. The Kier molecular flexibility index (Phi) is 12.4. The highest BCUT2D eigenvalue weighted by atomic mass is 32.2. The monoisotopic (exact) mass is 749 g/mol. The molecule has 3 aromatic rings. The van der Waals surface area contributed by atoms with Gasteiger partial charge in [-0.15, -0.1) is 0 Å². The molecule has 13 nitrogen and oxygen atoms in total. The highest BCUT2D eigenvalue weighted by Crippen LogP contribution is 2.36. The maximum absolute atomic E-state index is 14.3. The zero-order chi connectivity index (χ0) is 37.4. The molecule has 3 aliphatic heterocycles. The van der Waals surface area contributed by atoms with E-state index in [-0.39, 0.29) is 43.7 Å². The largest absolute Gasteiger partial charge is 0.489 e. The molecule has 3 aromatic carbocycles. The van der Waals surface area contributed by atoms with E-state index in [1.165, 1.54) is 16.4 Å². The predicted molar refractivity (Wildman–Crippen MR) is 192 cm³/mol. The van der Waals surface area contributed by atoms with Gasteiger partial charge >= 0.3 is 6.09 Å². The highest BCUT2D eigenvalue weighted by Gasteiger charge is 2.44. The summed E-state index contributed by atoms with van der Waals surface area (Å²) in [5.74, 6) is 1.31. The summed E-state index contributed by atoms with van der Waals surface area (Å²) >= 11 is 0. The van der Waals surface area contributed by atoms with Gasteiger partial charge in [-0.25, -0.2) is 13.2 Å². The molecule has 0 aromatic heterocycles. The summed E-state index contributed by atoms with van der Waals surface area (Å²) in [6, 6.07) is 22.7. The molecule has 0 bridgehead atoms. The minimum atomic E-state index is -4.20. The molecule has 3 unspecified atom stereocenters. The number of aliphatic hydroxyl groups is 1. The van der Waals surface area contributed by atoms with Crippen LogP contribution in [0.25, 0.3) is 0 Å². The van der Waals surface area contributed by atoms with E-state index in [1.54, 1.807) is 6.07 Å². The zero-order valence-electron chi connectivity index (χ0n) is 30.0. The van der Waals surface area contributed by atoms with E-state index in [4.69, 9.17) is 33.7 Å². The van der Waals surface area contributed by atoms with Crippen molar-refractivity contribution in [3.63, 3.8) is 0 Å². The number of aliphatic hydroxyl groups excluding tert-OH is 1. The minimum absolute atomic E-state index is 0.0157. The summed E-state index contributed by atoms with van der Waals surface area (Å²) < 4.78 is 63.7. The van der Waals surface area contributed by atoms with Gasteiger partial charge < -0.3 is 38.8 Å². The molecule has 3 aliphatic rings. The first-order valence-corrected chi connectivity index (χ1v) is 19.4. The van der Waals surface area contributed by atoms with Gasteiger partial charge in [0.05, 0.1) is 42.2 Å². The standard InChI is InChI=1S/C39H47N3O10S/c1-39(2,17-6-7-18-40)25-42(53(45,46)30-14-15-34-35(21-30)51-26-50-34)22-33(43)32(41-38(44)52-36-24-49-37-31(36)16-19-47-37)20-27-10-12-29(13-11-27)48-23-28-8-4-3-5-9-28/h3-5,8-15,21,31-33,36-37,43H,6-7,16-17,19-20,22-26H2,1-2H3,(H,41,44)/t31?,32-,33+,36?,37?/m0/s1. The molecule has 284 valence electrons. The molecule has 0 saturated carbocycles. The van der Waals surface area contributed by atoms with E-state index < -0.39 is 46.1 Å². The molecule has 5 atom stereocenters. The van der Waals surface area contributed by atoms with Crippen LogP contribution in [0.2, 0.25) is 0 Å².